The van der Waals surface area contributed by atoms with Crippen LogP contribution in [-0.4, -0.2) is 36.4 Å². The van der Waals surface area contributed by atoms with Crippen molar-refractivity contribution in [3.63, 3.8) is 0 Å². The Bertz CT molecular complexity index is 1440. The summed E-state index contributed by atoms with van der Waals surface area (Å²) in [4.78, 5) is 29.5. The summed E-state index contributed by atoms with van der Waals surface area (Å²) in [6.45, 7) is 3.42. The molecule has 0 saturated heterocycles. The molecule has 0 aliphatic heterocycles. The highest BCUT2D eigenvalue weighted by Crippen LogP contribution is 2.43. The Balaban J connectivity index is 2.00. The number of hydrogen-bond acceptors (Lipinski definition) is 6. The van der Waals surface area contributed by atoms with Gasteiger partial charge in [-0.05, 0) is 25.5 Å². The first-order chi connectivity index (χ1) is 15.5. The van der Waals surface area contributed by atoms with Gasteiger partial charge >= 0.3 is 0 Å². The molecule has 0 aliphatic carbocycles. The van der Waals surface area contributed by atoms with E-state index in [0.29, 0.717) is 27.9 Å². The molecule has 0 atom stereocenters. The molecule has 0 saturated carbocycles. The quantitative estimate of drug-likeness (QED) is 0.435. The molecular formula is C20H18ClF2N7O2S. The molecule has 4 aromatic rings. The first-order valence-corrected chi connectivity index (χ1v) is 10.8. The fraction of sp³-hybridized carbons (Fsp3) is 0.250. The average molecular weight is 494 g/mol. The van der Waals surface area contributed by atoms with Gasteiger partial charge in [0.25, 0.3) is 18.2 Å². The number of nitrogens with zero attached hydrogens (tertiary/aromatic N) is 5. The van der Waals surface area contributed by atoms with Crippen molar-refractivity contribution in [1.82, 2.24) is 24.5 Å². The summed E-state index contributed by atoms with van der Waals surface area (Å²) in [5.41, 5.74) is 7.25. The highest BCUT2D eigenvalue weighted by Gasteiger charge is 2.28. The van der Waals surface area contributed by atoms with Gasteiger partial charge in [-0.3, -0.25) is 19.0 Å². The van der Waals surface area contributed by atoms with Crippen molar-refractivity contribution < 1.29 is 18.4 Å². The number of aromatic nitrogens is 5. The Kier molecular flexibility index (Phi) is 5.66. The van der Waals surface area contributed by atoms with Crippen LogP contribution in [0.15, 0.2) is 12.3 Å². The van der Waals surface area contributed by atoms with Crippen LogP contribution in [0, 0.1) is 13.8 Å². The summed E-state index contributed by atoms with van der Waals surface area (Å²) >= 11 is 7.06. The number of pyridine rings is 1. The Labute approximate surface area is 195 Å². The van der Waals surface area contributed by atoms with E-state index in [1.807, 2.05) is 0 Å². The lowest BCUT2D eigenvalue weighted by Crippen LogP contribution is -2.19. The summed E-state index contributed by atoms with van der Waals surface area (Å²) in [5, 5.41) is 11.4. The summed E-state index contributed by atoms with van der Waals surface area (Å²) in [6, 6.07) is 1.23. The lowest BCUT2D eigenvalue weighted by molar-refractivity contribution is 0.100. The molecule has 9 nitrogen and oxygen atoms in total. The highest BCUT2D eigenvalue weighted by atomic mass is 35.5. The van der Waals surface area contributed by atoms with E-state index in [0.717, 1.165) is 11.3 Å². The summed E-state index contributed by atoms with van der Waals surface area (Å²) < 4.78 is 30.1. The number of anilines is 1. The lowest BCUT2D eigenvalue weighted by Gasteiger charge is -2.11. The number of carbonyl (C=O) groups excluding carboxylic acids is 2. The number of hydrogen-bond donors (Lipinski definition) is 2. The summed E-state index contributed by atoms with van der Waals surface area (Å²) in [5.74, 6) is -1.48. The molecule has 4 aromatic heterocycles. The maximum absolute atomic E-state index is 13.6. The molecule has 3 N–H and O–H groups in total. The molecular weight excluding hydrogens is 476 g/mol. The maximum Gasteiger partial charge on any atom is 0.280 e. The second-order valence-corrected chi connectivity index (χ2v) is 8.72. The van der Waals surface area contributed by atoms with Crippen molar-refractivity contribution in [2.75, 3.05) is 5.32 Å². The molecule has 4 heterocycles. The minimum absolute atomic E-state index is 0.0323. The van der Waals surface area contributed by atoms with Gasteiger partial charge in [-0.1, -0.05) is 11.6 Å². The first-order valence-electron chi connectivity index (χ1n) is 9.56. The Hall–Kier alpha value is -3.38. The van der Waals surface area contributed by atoms with E-state index in [1.54, 1.807) is 32.6 Å². The largest absolute Gasteiger partial charge is 0.365 e. The number of rotatable bonds is 5. The van der Waals surface area contributed by atoms with E-state index in [-0.39, 0.29) is 26.1 Å². The van der Waals surface area contributed by atoms with Crippen LogP contribution in [-0.2, 0) is 14.1 Å². The van der Waals surface area contributed by atoms with Crippen LogP contribution in [0.4, 0.5) is 14.5 Å². The molecule has 13 heteroatoms. The minimum Gasteiger partial charge on any atom is -0.365 e. The van der Waals surface area contributed by atoms with Crippen LogP contribution in [0.25, 0.3) is 21.3 Å². The zero-order chi connectivity index (χ0) is 24.2. The van der Waals surface area contributed by atoms with Gasteiger partial charge in [0, 0.05) is 30.7 Å². The van der Waals surface area contributed by atoms with Gasteiger partial charge in [-0.25, -0.2) is 13.8 Å². The number of alkyl halides is 2. The van der Waals surface area contributed by atoms with Gasteiger partial charge in [0.2, 0.25) is 0 Å². The van der Waals surface area contributed by atoms with E-state index in [4.69, 9.17) is 17.3 Å². The minimum atomic E-state index is -2.85. The molecule has 0 unspecified atom stereocenters. The Morgan fingerprint density at radius 3 is 2.42 bits per heavy atom. The fourth-order valence-corrected chi connectivity index (χ4v) is 4.81. The number of aryl methyl sites for hydroxylation is 3. The van der Waals surface area contributed by atoms with Crippen LogP contribution >= 0.6 is 22.9 Å². The number of fused-ring (bicyclic) bond motifs is 1. The van der Waals surface area contributed by atoms with Gasteiger partial charge in [-0.15, -0.1) is 11.3 Å². The summed E-state index contributed by atoms with van der Waals surface area (Å²) in [7, 11) is 3.26. The van der Waals surface area contributed by atoms with Crippen molar-refractivity contribution in [3.8, 4) is 11.1 Å². The Morgan fingerprint density at radius 1 is 1.21 bits per heavy atom. The van der Waals surface area contributed by atoms with Crippen LogP contribution in [0.3, 0.4) is 0 Å². The fourth-order valence-electron chi connectivity index (χ4n) is 3.55. The predicted octanol–water partition coefficient (Wildman–Crippen LogP) is 3.99. The number of primary amides is 1. The van der Waals surface area contributed by atoms with E-state index < -0.39 is 23.9 Å². The van der Waals surface area contributed by atoms with Crippen molar-refractivity contribution >= 4 is 50.7 Å². The molecule has 0 aliphatic rings. The van der Waals surface area contributed by atoms with Gasteiger partial charge in [0.1, 0.15) is 21.1 Å². The predicted molar refractivity (Wildman–Crippen MR) is 121 cm³/mol. The zero-order valence-corrected chi connectivity index (χ0v) is 19.5. The first kappa shape index (κ1) is 22.8. The number of carbonyl (C=O) groups is 2. The van der Waals surface area contributed by atoms with E-state index >= 15 is 0 Å². The SMILES string of the molecule is Cc1nn(C)c(C(=O)Nc2c(C(N)=O)sc3nc(C(F)F)cc(-c4cnn(C)c4C)c23)c1Cl. The highest BCUT2D eigenvalue weighted by molar-refractivity contribution is 7.21. The van der Waals surface area contributed by atoms with Crippen molar-refractivity contribution in [3.05, 3.63) is 44.9 Å². The number of nitrogens with two attached hydrogens (primary N) is 1. The molecule has 0 spiro atoms. The number of amides is 2. The van der Waals surface area contributed by atoms with Crippen molar-refractivity contribution in [1.29, 1.82) is 0 Å². The molecule has 4 rings (SSSR count). The third-order valence-corrected chi connectivity index (χ3v) is 6.81. The summed E-state index contributed by atoms with van der Waals surface area (Å²) in [6.07, 6.45) is -1.33. The van der Waals surface area contributed by atoms with Gasteiger partial charge in [0.15, 0.2) is 0 Å². The van der Waals surface area contributed by atoms with Gasteiger partial charge in [0.05, 0.1) is 22.6 Å². The van der Waals surface area contributed by atoms with Crippen molar-refractivity contribution in [2.45, 2.75) is 20.3 Å². The van der Waals surface area contributed by atoms with E-state index in [2.05, 4.69) is 20.5 Å². The van der Waals surface area contributed by atoms with E-state index in [9.17, 15) is 18.4 Å². The van der Waals surface area contributed by atoms with Crippen LogP contribution in [0.2, 0.25) is 5.02 Å². The van der Waals surface area contributed by atoms with Gasteiger partial charge < -0.3 is 11.1 Å². The zero-order valence-electron chi connectivity index (χ0n) is 17.9. The molecule has 172 valence electrons. The monoisotopic (exact) mass is 493 g/mol. The molecule has 0 fully saturated rings. The number of nitrogens with one attached hydrogen (secondary N) is 1. The van der Waals surface area contributed by atoms with Crippen LogP contribution in [0.1, 0.15) is 43.7 Å². The third-order valence-electron chi connectivity index (χ3n) is 5.26. The topological polar surface area (TPSA) is 121 Å². The normalized spacial score (nSPS) is 11.5. The number of thiophene rings is 1. The van der Waals surface area contributed by atoms with Crippen molar-refractivity contribution in [2.24, 2.45) is 19.8 Å². The molecule has 2 amide bonds. The standard InChI is InChI=1S/C20H18ClF2N7O2S/c1-7-13(21)15(30(4)28-7)19(32)27-14-12-9(10-6-25-29(3)8(10)2)5-11(17(22)23)26-20(12)33-16(14)18(24)31/h5-6,17H,1-4H3,(H2,24,31)(H,27,32). The second-order valence-electron chi connectivity index (χ2n) is 7.34. The lowest BCUT2D eigenvalue weighted by atomic mass is 10.0. The average Bonchev–Trinajstić information content (AvgIpc) is 3.35. The molecule has 0 aromatic carbocycles. The van der Waals surface area contributed by atoms with E-state index in [1.165, 1.54) is 16.9 Å². The molecule has 0 bridgehead atoms. The molecule has 33 heavy (non-hydrogen) atoms. The second kappa shape index (κ2) is 8.19. The number of halogens is 3. The van der Waals surface area contributed by atoms with Crippen LogP contribution in [0.5, 0.6) is 0 Å². The Morgan fingerprint density at radius 2 is 1.91 bits per heavy atom. The molecule has 0 radical (unpaired) electrons. The van der Waals surface area contributed by atoms with Gasteiger partial charge in [-0.2, -0.15) is 10.2 Å². The maximum atomic E-state index is 13.6. The van der Waals surface area contributed by atoms with Crippen LogP contribution < -0.4 is 11.1 Å². The smallest absolute Gasteiger partial charge is 0.280 e. The third kappa shape index (κ3) is 3.74.